The molecule has 0 spiro atoms. The van der Waals surface area contributed by atoms with Gasteiger partial charge in [-0.15, -0.1) is 11.3 Å². The molecule has 0 atom stereocenters. The molecule has 1 fully saturated rings. The zero-order chi connectivity index (χ0) is 17.8. The fourth-order valence-corrected chi connectivity index (χ4v) is 5.11. The fourth-order valence-electron chi connectivity index (χ4n) is 2.82. The zero-order valence-electron chi connectivity index (χ0n) is 14.1. The van der Waals surface area contributed by atoms with Crippen LogP contribution in [0.1, 0.15) is 41.7 Å². The summed E-state index contributed by atoms with van der Waals surface area (Å²) in [5.41, 5.74) is 1.28. The highest BCUT2D eigenvalue weighted by molar-refractivity contribution is 8.01. The Labute approximate surface area is 154 Å². The summed E-state index contributed by atoms with van der Waals surface area (Å²) >= 11 is 3.52. The number of pyridine rings is 1. The predicted octanol–water partition coefficient (Wildman–Crippen LogP) is 3.83. The molecule has 5 nitrogen and oxygen atoms in total. The van der Waals surface area contributed by atoms with Crippen LogP contribution in [-0.4, -0.2) is 34.3 Å². The van der Waals surface area contributed by atoms with Gasteiger partial charge in [-0.05, 0) is 38.7 Å². The van der Waals surface area contributed by atoms with E-state index in [-0.39, 0.29) is 23.4 Å². The van der Waals surface area contributed by atoms with Gasteiger partial charge in [-0.2, -0.15) is 0 Å². The molecule has 0 aliphatic heterocycles. The number of nitrogens with zero attached hydrogens (tertiary/aromatic N) is 2. The SMILES string of the molecule is COc1ncc(C(=O)NC2CCC(Sc3nc(C)cs3)CC2)cc1F. The Morgan fingerprint density at radius 1 is 1.40 bits per heavy atom. The predicted molar refractivity (Wildman–Crippen MR) is 97.0 cm³/mol. The number of hydrogen-bond acceptors (Lipinski definition) is 6. The number of methoxy groups -OCH3 is 1. The molecule has 3 rings (SSSR count). The molecule has 2 aromatic heterocycles. The first-order chi connectivity index (χ1) is 12.0. The van der Waals surface area contributed by atoms with E-state index in [1.54, 1.807) is 11.3 Å². The van der Waals surface area contributed by atoms with Crippen molar-refractivity contribution >= 4 is 29.0 Å². The van der Waals surface area contributed by atoms with Crippen LogP contribution in [0.4, 0.5) is 4.39 Å². The van der Waals surface area contributed by atoms with E-state index in [0.717, 1.165) is 41.8 Å². The lowest BCUT2D eigenvalue weighted by Crippen LogP contribution is -2.38. The first kappa shape index (κ1) is 18.1. The second-order valence-electron chi connectivity index (χ2n) is 6.03. The lowest BCUT2D eigenvalue weighted by atomic mass is 9.95. The molecule has 0 bridgehead atoms. The fraction of sp³-hybridized carbons (Fsp3) is 0.471. The molecule has 2 aromatic rings. The quantitative estimate of drug-likeness (QED) is 0.853. The average molecular weight is 381 g/mol. The minimum Gasteiger partial charge on any atom is -0.479 e. The number of carbonyl (C=O) groups excluding carboxylic acids is 1. The molecule has 1 aliphatic carbocycles. The normalized spacial score (nSPS) is 20.3. The molecule has 25 heavy (non-hydrogen) atoms. The Hall–Kier alpha value is -1.67. The maximum Gasteiger partial charge on any atom is 0.253 e. The number of carbonyl (C=O) groups is 1. The van der Waals surface area contributed by atoms with Crippen molar-refractivity contribution in [3.8, 4) is 5.88 Å². The van der Waals surface area contributed by atoms with Gasteiger partial charge >= 0.3 is 0 Å². The van der Waals surface area contributed by atoms with Crippen molar-refractivity contribution in [2.24, 2.45) is 0 Å². The van der Waals surface area contributed by atoms with Gasteiger partial charge in [0.05, 0.1) is 12.7 Å². The monoisotopic (exact) mass is 381 g/mol. The molecule has 8 heteroatoms. The number of aromatic nitrogens is 2. The van der Waals surface area contributed by atoms with Gasteiger partial charge in [-0.1, -0.05) is 11.8 Å². The summed E-state index contributed by atoms with van der Waals surface area (Å²) in [5, 5.41) is 5.59. The summed E-state index contributed by atoms with van der Waals surface area (Å²) < 4.78 is 19.6. The van der Waals surface area contributed by atoms with Crippen molar-refractivity contribution in [3.05, 3.63) is 34.7 Å². The molecule has 0 saturated heterocycles. The summed E-state index contributed by atoms with van der Waals surface area (Å²) in [6.45, 7) is 2.00. The van der Waals surface area contributed by atoms with Crippen LogP contribution in [0.2, 0.25) is 0 Å². The smallest absolute Gasteiger partial charge is 0.253 e. The van der Waals surface area contributed by atoms with Gasteiger partial charge in [0.25, 0.3) is 5.91 Å². The van der Waals surface area contributed by atoms with E-state index in [1.165, 1.54) is 13.3 Å². The highest BCUT2D eigenvalue weighted by atomic mass is 32.2. The number of nitrogens with one attached hydrogen (secondary N) is 1. The van der Waals surface area contributed by atoms with Crippen LogP contribution in [0.5, 0.6) is 5.88 Å². The second-order valence-corrected chi connectivity index (χ2v) is 8.44. The molecule has 0 radical (unpaired) electrons. The number of hydrogen-bond donors (Lipinski definition) is 1. The molecule has 134 valence electrons. The Morgan fingerprint density at radius 2 is 2.16 bits per heavy atom. The lowest BCUT2D eigenvalue weighted by Gasteiger charge is -2.28. The highest BCUT2D eigenvalue weighted by Crippen LogP contribution is 2.35. The molecular formula is C17H20FN3O2S2. The number of ether oxygens (including phenoxy) is 1. The molecular weight excluding hydrogens is 361 g/mol. The number of aryl methyl sites for hydroxylation is 1. The summed E-state index contributed by atoms with van der Waals surface area (Å²) in [4.78, 5) is 20.6. The number of thioether (sulfide) groups is 1. The van der Waals surface area contributed by atoms with Crippen LogP contribution < -0.4 is 10.1 Å². The third-order valence-corrected chi connectivity index (χ3v) is 6.56. The largest absolute Gasteiger partial charge is 0.479 e. The van der Waals surface area contributed by atoms with Crippen LogP contribution in [-0.2, 0) is 0 Å². The van der Waals surface area contributed by atoms with Gasteiger partial charge in [0.1, 0.15) is 4.34 Å². The van der Waals surface area contributed by atoms with Crippen LogP contribution in [0.3, 0.4) is 0 Å². The van der Waals surface area contributed by atoms with Gasteiger partial charge in [0.15, 0.2) is 5.82 Å². The first-order valence-electron chi connectivity index (χ1n) is 8.14. The van der Waals surface area contributed by atoms with Crippen LogP contribution >= 0.6 is 23.1 Å². The van der Waals surface area contributed by atoms with E-state index in [9.17, 15) is 9.18 Å². The standard InChI is InChI=1S/C17H20FN3O2S2/c1-10-9-24-17(20-10)25-13-5-3-12(4-6-13)21-15(22)11-7-14(18)16(23-2)19-8-11/h7-9,12-13H,3-6H2,1-2H3,(H,21,22). The van der Waals surface area contributed by atoms with E-state index < -0.39 is 5.82 Å². The molecule has 0 aromatic carbocycles. The van der Waals surface area contributed by atoms with E-state index >= 15 is 0 Å². The van der Waals surface area contributed by atoms with E-state index in [2.05, 4.69) is 20.7 Å². The van der Waals surface area contributed by atoms with E-state index in [0.29, 0.717) is 5.25 Å². The molecule has 1 aliphatic rings. The Kier molecular flexibility index (Phi) is 5.90. The molecule has 0 unspecified atom stereocenters. The summed E-state index contributed by atoms with van der Waals surface area (Å²) in [6.07, 6.45) is 5.23. The maximum absolute atomic E-state index is 13.7. The first-order valence-corrected chi connectivity index (χ1v) is 9.90. The summed E-state index contributed by atoms with van der Waals surface area (Å²) in [7, 11) is 1.34. The molecule has 2 heterocycles. The third-order valence-electron chi connectivity index (χ3n) is 4.14. The average Bonchev–Trinajstić information content (AvgIpc) is 3.01. The summed E-state index contributed by atoms with van der Waals surface area (Å²) in [5.74, 6) is -1.03. The van der Waals surface area contributed by atoms with Gasteiger partial charge in [0, 0.05) is 28.6 Å². The molecule has 1 N–H and O–H groups in total. The van der Waals surface area contributed by atoms with E-state index in [4.69, 9.17) is 4.74 Å². The Morgan fingerprint density at radius 3 is 2.76 bits per heavy atom. The van der Waals surface area contributed by atoms with Crippen molar-refractivity contribution in [2.45, 2.75) is 48.2 Å². The van der Waals surface area contributed by atoms with Crippen LogP contribution in [0, 0.1) is 12.7 Å². The number of amides is 1. The Balaban J connectivity index is 1.50. The van der Waals surface area contributed by atoms with Crippen molar-refractivity contribution in [1.29, 1.82) is 0 Å². The van der Waals surface area contributed by atoms with Gasteiger partial charge in [0.2, 0.25) is 5.88 Å². The zero-order valence-corrected chi connectivity index (χ0v) is 15.8. The van der Waals surface area contributed by atoms with Crippen LogP contribution in [0.25, 0.3) is 0 Å². The third kappa shape index (κ3) is 4.70. The lowest BCUT2D eigenvalue weighted by molar-refractivity contribution is 0.0927. The molecule has 1 saturated carbocycles. The highest BCUT2D eigenvalue weighted by Gasteiger charge is 2.24. The molecule has 1 amide bonds. The van der Waals surface area contributed by atoms with Crippen molar-refractivity contribution in [2.75, 3.05) is 7.11 Å². The minimum atomic E-state index is -0.631. The van der Waals surface area contributed by atoms with Gasteiger partial charge in [-0.25, -0.2) is 14.4 Å². The van der Waals surface area contributed by atoms with Gasteiger partial charge < -0.3 is 10.1 Å². The van der Waals surface area contributed by atoms with Crippen molar-refractivity contribution < 1.29 is 13.9 Å². The van der Waals surface area contributed by atoms with Crippen molar-refractivity contribution in [3.63, 3.8) is 0 Å². The number of thiazole rings is 1. The van der Waals surface area contributed by atoms with Crippen LogP contribution in [0.15, 0.2) is 22.0 Å². The summed E-state index contributed by atoms with van der Waals surface area (Å²) in [6, 6.07) is 1.28. The number of rotatable bonds is 5. The van der Waals surface area contributed by atoms with Crippen molar-refractivity contribution in [1.82, 2.24) is 15.3 Å². The van der Waals surface area contributed by atoms with Gasteiger partial charge in [-0.3, -0.25) is 4.79 Å². The maximum atomic E-state index is 13.7. The minimum absolute atomic E-state index is 0.105. The van der Waals surface area contributed by atoms with E-state index in [1.807, 2.05) is 18.7 Å². The topological polar surface area (TPSA) is 64.1 Å². The second kappa shape index (κ2) is 8.14. The number of halogens is 1. The Bertz CT molecular complexity index is 745.